The molecule has 4 heteroatoms. The summed E-state index contributed by atoms with van der Waals surface area (Å²) in [5, 5.41) is 4.16. The Kier molecular flexibility index (Phi) is 6.33. The molecule has 0 spiro atoms. The zero-order valence-corrected chi connectivity index (χ0v) is 20.5. The predicted molar refractivity (Wildman–Crippen MR) is 143 cm³/mol. The zero-order valence-electron chi connectivity index (χ0n) is 18.9. The number of benzene rings is 4. The van der Waals surface area contributed by atoms with Crippen molar-refractivity contribution in [2.24, 2.45) is 0 Å². The molecule has 0 aliphatic carbocycles. The quantitative estimate of drug-likeness (QED) is 0.251. The molecule has 0 saturated carbocycles. The maximum atomic E-state index is 12.9. The fourth-order valence-electron chi connectivity index (χ4n) is 4.22. The maximum Gasteiger partial charge on any atom is 0.251 e. The Hall–Kier alpha value is -3.63. The molecule has 1 atom stereocenters. The van der Waals surface area contributed by atoms with Gasteiger partial charge in [0.1, 0.15) is 0 Å². The minimum atomic E-state index is -0.0697. The van der Waals surface area contributed by atoms with E-state index in [2.05, 4.69) is 86.6 Å². The molecule has 4 aromatic carbocycles. The van der Waals surface area contributed by atoms with Crippen LogP contribution < -0.4 is 5.32 Å². The molecule has 0 aliphatic heterocycles. The predicted octanol–water partition coefficient (Wildman–Crippen LogP) is 7.61. The Balaban J connectivity index is 1.29. The standard InChI is InChI=1S/C30H25BrN2O/c1-21(23-11-14-28(31)15-12-23)32-30(34)27-13-16-29-26(19-27)17-18-33(29)20-22-7-9-25(10-8-22)24-5-3-2-4-6-24/h2-19,21H,20H2,1H3,(H,32,34)/t21-/m0/s1. The van der Waals surface area contributed by atoms with E-state index in [0.29, 0.717) is 5.56 Å². The summed E-state index contributed by atoms with van der Waals surface area (Å²) < 4.78 is 3.25. The molecule has 34 heavy (non-hydrogen) atoms. The van der Waals surface area contributed by atoms with Crippen LogP contribution in [0.25, 0.3) is 22.0 Å². The molecule has 0 aliphatic rings. The normalized spacial score (nSPS) is 11.9. The van der Waals surface area contributed by atoms with Gasteiger partial charge in [0, 0.05) is 33.7 Å². The van der Waals surface area contributed by atoms with Gasteiger partial charge >= 0.3 is 0 Å². The summed E-state index contributed by atoms with van der Waals surface area (Å²) in [4.78, 5) is 12.9. The monoisotopic (exact) mass is 508 g/mol. The van der Waals surface area contributed by atoms with Gasteiger partial charge in [-0.25, -0.2) is 0 Å². The summed E-state index contributed by atoms with van der Waals surface area (Å²) in [7, 11) is 0. The molecule has 1 N–H and O–H groups in total. The van der Waals surface area contributed by atoms with Crippen molar-refractivity contribution in [3.63, 3.8) is 0 Å². The van der Waals surface area contributed by atoms with E-state index >= 15 is 0 Å². The number of hydrogen-bond acceptors (Lipinski definition) is 1. The first-order valence-electron chi connectivity index (χ1n) is 11.4. The van der Waals surface area contributed by atoms with Crippen LogP contribution in [0.1, 0.15) is 34.5 Å². The minimum Gasteiger partial charge on any atom is -0.346 e. The Labute approximate surface area is 208 Å². The van der Waals surface area contributed by atoms with Crippen LogP contribution in [0.15, 0.2) is 114 Å². The highest BCUT2D eigenvalue weighted by atomic mass is 79.9. The molecule has 0 unspecified atom stereocenters. The second-order valence-corrected chi connectivity index (χ2v) is 9.44. The number of hydrogen-bond donors (Lipinski definition) is 1. The van der Waals surface area contributed by atoms with E-state index in [4.69, 9.17) is 0 Å². The number of nitrogens with zero attached hydrogens (tertiary/aromatic N) is 1. The second kappa shape index (κ2) is 9.70. The maximum absolute atomic E-state index is 12.9. The molecule has 5 rings (SSSR count). The number of fused-ring (bicyclic) bond motifs is 1. The van der Waals surface area contributed by atoms with Crippen molar-refractivity contribution in [3.8, 4) is 11.1 Å². The molecule has 1 amide bonds. The lowest BCUT2D eigenvalue weighted by atomic mass is 10.0. The zero-order chi connectivity index (χ0) is 23.5. The molecule has 168 valence electrons. The third kappa shape index (κ3) is 4.82. The average molecular weight is 509 g/mol. The highest BCUT2D eigenvalue weighted by Crippen LogP contribution is 2.23. The number of nitrogens with one attached hydrogen (secondary N) is 1. The van der Waals surface area contributed by atoms with Crippen LogP contribution in [0.4, 0.5) is 0 Å². The van der Waals surface area contributed by atoms with Crippen molar-refractivity contribution >= 4 is 32.7 Å². The van der Waals surface area contributed by atoms with E-state index in [0.717, 1.165) is 27.5 Å². The van der Waals surface area contributed by atoms with Crippen LogP contribution in [0.5, 0.6) is 0 Å². The summed E-state index contributed by atoms with van der Waals surface area (Å²) in [5.74, 6) is -0.0680. The number of aromatic nitrogens is 1. The van der Waals surface area contributed by atoms with Gasteiger partial charge in [0.05, 0.1) is 6.04 Å². The van der Waals surface area contributed by atoms with E-state index in [1.165, 1.54) is 16.7 Å². The summed E-state index contributed by atoms with van der Waals surface area (Å²) >= 11 is 3.45. The Morgan fingerprint density at radius 3 is 2.29 bits per heavy atom. The highest BCUT2D eigenvalue weighted by molar-refractivity contribution is 9.10. The molecule has 1 heterocycles. The van der Waals surface area contributed by atoms with Gasteiger partial charge in [0.2, 0.25) is 0 Å². The van der Waals surface area contributed by atoms with Crippen LogP contribution >= 0.6 is 15.9 Å². The largest absolute Gasteiger partial charge is 0.346 e. The van der Waals surface area contributed by atoms with Gasteiger partial charge in [-0.15, -0.1) is 0 Å². The second-order valence-electron chi connectivity index (χ2n) is 8.53. The Morgan fingerprint density at radius 1 is 0.853 bits per heavy atom. The molecule has 5 aromatic rings. The van der Waals surface area contributed by atoms with E-state index in [9.17, 15) is 4.79 Å². The molecular formula is C30H25BrN2O. The van der Waals surface area contributed by atoms with Gasteiger partial charge in [-0.05, 0) is 65.6 Å². The van der Waals surface area contributed by atoms with E-state index in [-0.39, 0.29) is 11.9 Å². The number of carbonyl (C=O) groups excluding carboxylic acids is 1. The van der Waals surface area contributed by atoms with Crippen molar-refractivity contribution in [1.82, 2.24) is 9.88 Å². The lowest BCUT2D eigenvalue weighted by Crippen LogP contribution is -2.26. The molecule has 3 nitrogen and oxygen atoms in total. The van der Waals surface area contributed by atoms with E-state index in [1.807, 2.05) is 55.5 Å². The van der Waals surface area contributed by atoms with Gasteiger partial charge < -0.3 is 9.88 Å². The van der Waals surface area contributed by atoms with E-state index < -0.39 is 0 Å². The molecule has 1 aromatic heterocycles. The minimum absolute atomic E-state index is 0.0680. The van der Waals surface area contributed by atoms with Crippen molar-refractivity contribution in [1.29, 1.82) is 0 Å². The average Bonchev–Trinajstić information content (AvgIpc) is 3.27. The number of amides is 1. The molecule has 0 fully saturated rings. The number of carbonyl (C=O) groups is 1. The first kappa shape index (κ1) is 22.2. The first-order valence-corrected chi connectivity index (χ1v) is 12.2. The summed E-state index contributed by atoms with van der Waals surface area (Å²) in [6, 6.07) is 35.0. The summed E-state index contributed by atoms with van der Waals surface area (Å²) in [6.45, 7) is 2.78. The third-order valence-electron chi connectivity index (χ3n) is 6.16. The summed E-state index contributed by atoms with van der Waals surface area (Å²) in [6.07, 6.45) is 2.09. The number of halogens is 1. The van der Waals surface area contributed by atoms with Gasteiger partial charge in [-0.1, -0.05) is 82.7 Å². The third-order valence-corrected chi connectivity index (χ3v) is 6.69. The lowest BCUT2D eigenvalue weighted by Gasteiger charge is -2.15. The van der Waals surface area contributed by atoms with Crippen molar-refractivity contribution in [2.45, 2.75) is 19.5 Å². The SMILES string of the molecule is C[C@H](NC(=O)c1ccc2c(ccn2Cc2ccc(-c3ccccc3)cc2)c1)c1ccc(Br)cc1. The fraction of sp³-hybridized carbons (Fsp3) is 0.100. The van der Waals surface area contributed by atoms with Crippen LogP contribution in [-0.2, 0) is 6.54 Å². The van der Waals surface area contributed by atoms with E-state index in [1.54, 1.807) is 0 Å². The first-order chi connectivity index (χ1) is 16.6. The number of rotatable bonds is 6. The molecular weight excluding hydrogens is 484 g/mol. The Bertz CT molecular complexity index is 1420. The molecule has 0 radical (unpaired) electrons. The summed E-state index contributed by atoms with van der Waals surface area (Å²) in [5.41, 5.74) is 6.53. The van der Waals surface area contributed by atoms with Crippen LogP contribution in [0.3, 0.4) is 0 Å². The highest BCUT2D eigenvalue weighted by Gasteiger charge is 2.13. The van der Waals surface area contributed by atoms with Crippen LogP contribution in [-0.4, -0.2) is 10.5 Å². The van der Waals surface area contributed by atoms with Gasteiger partial charge in [-0.2, -0.15) is 0 Å². The molecule has 0 saturated heterocycles. The van der Waals surface area contributed by atoms with Crippen LogP contribution in [0, 0.1) is 0 Å². The van der Waals surface area contributed by atoms with Gasteiger partial charge in [-0.3, -0.25) is 4.79 Å². The van der Waals surface area contributed by atoms with Crippen molar-refractivity contribution < 1.29 is 4.79 Å². The van der Waals surface area contributed by atoms with Gasteiger partial charge in [0.25, 0.3) is 5.91 Å². The molecule has 0 bridgehead atoms. The van der Waals surface area contributed by atoms with Crippen LogP contribution in [0.2, 0.25) is 0 Å². The topological polar surface area (TPSA) is 34.0 Å². The Morgan fingerprint density at radius 2 is 1.56 bits per heavy atom. The lowest BCUT2D eigenvalue weighted by molar-refractivity contribution is 0.0940. The van der Waals surface area contributed by atoms with Gasteiger partial charge in [0.15, 0.2) is 0 Å². The van der Waals surface area contributed by atoms with Crippen molar-refractivity contribution in [3.05, 3.63) is 130 Å². The smallest absolute Gasteiger partial charge is 0.251 e. The van der Waals surface area contributed by atoms with Crippen molar-refractivity contribution in [2.75, 3.05) is 0 Å². The fourth-order valence-corrected chi connectivity index (χ4v) is 4.49.